The normalized spacial score (nSPS) is 10.7. The summed E-state index contributed by atoms with van der Waals surface area (Å²) in [7, 11) is 0. The molecule has 0 aliphatic heterocycles. The Balaban J connectivity index is 2.14. The summed E-state index contributed by atoms with van der Waals surface area (Å²) in [5.74, 6) is -1.26. The maximum Gasteiger partial charge on any atom is 0.387 e. The quantitative estimate of drug-likeness (QED) is 0.803. The highest BCUT2D eigenvalue weighted by Crippen LogP contribution is 2.26. The first-order chi connectivity index (χ1) is 9.95. The van der Waals surface area contributed by atoms with Crippen molar-refractivity contribution in [2.24, 2.45) is 0 Å². The first-order valence-electron chi connectivity index (χ1n) is 5.91. The van der Waals surface area contributed by atoms with Crippen molar-refractivity contribution in [1.82, 2.24) is 0 Å². The van der Waals surface area contributed by atoms with Gasteiger partial charge in [-0.3, -0.25) is 0 Å². The number of alkyl halides is 2. The van der Waals surface area contributed by atoms with Crippen LogP contribution in [0.5, 0.6) is 11.5 Å². The van der Waals surface area contributed by atoms with Crippen LogP contribution in [0.25, 0.3) is 0 Å². The molecule has 0 saturated carbocycles. The van der Waals surface area contributed by atoms with Crippen molar-refractivity contribution in [3.63, 3.8) is 0 Å². The van der Waals surface area contributed by atoms with Crippen LogP contribution in [0.1, 0.15) is 5.56 Å². The topological polar surface area (TPSA) is 41.5 Å². The summed E-state index contributed by atoms with van der Waals surface area (Å²) in [4.78, 5) is 0. The lowest BCUT2D eigenvalue weighted by Gasteiger charge is -2.13. The molecule has 0 atom stereocenters. The van der Waals surface area contributed by atoms with Crippen LogP contribution in [0.3, 0.4) is 0 Å². The predicted molar refractivity (Wildman–Crippen MR) is 73.5 cm³/mol. The third kappa shape index (κ3) is 4.19. The number of halogens is 4. The molecule has 0 saturated heterocycles. The van der Waals surface area contributed by atoms with Gasteiger partial charge in [-0.2, -0.15) is 8.78 Å². The molecule has 2 aromatic carbocycles. The summed E-state index contributed by atoms with van der Waals surface area (Å²) in [5.41, 5.74) is 0.782. The van der Waals surface area contributed by atoms with Crippen molar-refractivity contribution in [3.8, 4) is 11.5 Å². The van der Waals surface area contributed by atoms with Gasteiger partial charge in [0.05, 0.1) is 0 Å². The molecular weight excluding hydrogens is 307 g/mol. The van der Waals surface area contributed by atoms with Gasteiger partial charge >= 0.3 is 6.61 Å². The van der Waals surface area contributed by atoms with Crippen molar-refractivity contribution >= 4 is 17.3 Å². The molecule has 0 bridgehead atoms. The first kappa shape index (κ1) is 15.3. The van der Waals surface area contributed by atoms with Gasteiger partial charge in [0.2, 0.25) is 0 Å². The Morgan fingerprint density at radius 1 is 1.19 bits per heavy atom. The Kier molecular flexibility index (Phi) is 4.80. The number of benzene rings is 2. The molecular formula is C14H11ClF3NO2. The Labute approximate surface area is 123 Å². The number of hydrogen-bond acceptors (Lipinski definition) is 3. The second kappa shape index (κ2) is 6.58. The molecule has 0 spiro atoms. The Morgan fingerprint density at radius 2 is 1.95 bits per heavy atom. The van der Waals surface area contributed by atoms with E-state index >= 15 is 0 Å². The standard InChI is InChI=1S/C14H11ClF3NO2/c15-9-1-4-13(21-14(17)18)8(5-9)7-19-10-2-3-12(20)11(16)6-10/h1-6,14,19-20H,7H2. The van der Waals surface area contributed by atoms with Gasteiger partial charge in [0.1, 0.15) is 5.75 Å². The molecule has 3 nitrogen and oxygen atoms in total. The van der Waals surface area contributed by atoms with E-state index in [-0.39, 0.29) is 12.3 Å². The molecule has 2 aromatic rings. The fourth-order valence-electron chi connectivity index (χ4n) is 1.71. The molecule has 0 aliphatic carbocycles. The molecule has 0 unspecified atom stereocenters. The van der Waals surface area contributed by atoms with Crippen LogP contribution in [0.2, 0.25) is 5.02 Å². The molecule has 0 heterocycles. The van der Waals surface area contributed by atoms with Crippen LogP contribution in [0.4, 0.5) is 18.9 Å². The van der Waals surface area contributed by atoms with E-state index in [2.05, 4.69) is 10.1 Å². The smallest absolute Gasteiger partial charge is 0.387 e. The lowest BCUT2D eigenvalue weighted by molar-refractivity contribution is -0.0504. The van der Waals surface area contributed by atoms with Gasteiger partial charge in [-0.05, 0) is 30.3 Å². The molecule has 0 amide bonds. The van der Waals surface area contributed by atoms with Crippen LogP contribution in [-0.2, 0) is 6.54 Å². The molecule has 21 heavy (non-hydrogen) atoms. The summed E-state index contributed by atoms with van der Waals surface area (Å²) < 4.78 is 42.2. The summed E-state index contributed by atoms with van der Waals surface area (Å²) in [5, 5.41) is 12.3. The van der Waals surface area contributed by atoms with Gasteiger partial charge in [-0.25, -0.2) is 4.39 Å². The molecule has 0 aliphatic rings. The third-order valence-corrected chi connectivity index (χ3v) is 2.90. The Bertz CT molecular complexity index is 638. The fraction of sp³-hybridized carbons (Fsp3) is 0.143. The zero-order valence-electron chi connectivity index (χ0n) is 10.6. The third-order valence-electron chi connectivity index (χ3n) is 2.67. The second-order valence-electron chi connectivity index (χ2n) is 4.15. The SMILES string of the molecule is Oc1ccc(NCc2cc(Cl)ccc2OC(F)F)cc1F. The van der Waals surface area contributed by atoms with Gasteiger partial charge < -0.3 is 15.2 Å². The van der Waals surface area contributed by atoms with Gasteiger partial charge in [-0.15, -0.1) is 0 Å². The Morgan fingerprint density at radius 3 is 2.62 bits per heavy atom. The first-order valence-corrected chi connectivity index (χ1v) is 6.29. The van der Waals surface area contributed by atoms with Crippen molar-refractivity contribution in [3.05, 3.63) is 52.8 Å². The van der Waals surface area contributed by atoms with Crippen molar-refractivity contribution < 1.29 is 23.0 Å². The number of nitrogens with one attached hydrogen (secondary N) is 1. The van der Waals surface area contributed by atoms with Crippen molar-refractivity contribution in [2.75, 3.05) is 5.32 Å². The number of anilines is 1. The molecule has 7 heteroatoms. The summed E-state index contributed by atoms with van der Waals surface area (Å²) in [6.45, 7) is -2.84. The highest BCUT2D eigenvalue weighted by atomic mass is 35.5. The van der Waals surface area contributed by atoms with E-state index in [0.717, 1.165) is 6.07 Å². The number of aromatic hydroxyl groups is 1. The van der Waals surface area contributed by atoms with E-state index in [1.165, 1.54) is 30.3 Å². The maximum atomic E-state index is 13.2. The van der Waals surface area contributed by atoms with Gasteiger partial charge in [0.25, 0.3) is 0 Å². The van der Waals surface area contributed by atoms with Crippen molar-refractivity contribution in [1.29, 1.82) is 0 Å². The number of rotatable bonds is 5. The van der Waals surface area contributed by atoms with E-state index in [1.807, 2.05) is 0 Å². The van der Waals surface area contributed by atoms with E-state index in [9.17, 15) is 13.2 Å². The monoisotopic (exact) mass is 317 g/mol. The average molecular weight is 318 g/mol. The largest absolute Gasteiger partial charge is 0.505 e. The lowest BCUT2D eigenvalue weighted by Crippen LogP contribution is -2.07. The van der Waals surface area contributed by atoms with E-state index in [0.29, 0.717) is 16.3 Å². The average Bonchev–Trinajstić information content (AvgIpc) is 2.42. The maximum absolute atomic E-state index is 13.2. The molecule has 0 radical (unpaired) electrons. The van der Waals surface area contributed by atoms with Crippen LogP contribution >= 0.6 is 11.6 Å². The molecule has 112 valence electrons. The van der Waals surface area contributed by atoms with Crippen LogP contribution < -0.4 is 10.1 Å². The number of phenols is 1. The number of hydrogen-bond donors (Lipinski definition) is 2. The van der Waals surface area contributed by atoms with Gasteiger partial charge in [0, 0.05) is 28.9 Å². The van der Waals surface area contributed by atoms with Gasteiger partial charge in [-0.1, -0.05) is 11.6 Å². The minimum Gasteiger partial charge on any atom is -0.505 e. The van der Waals surface area contributed by atoms with Crippen LogP contribution in [0, 0.1) is 5.82 Å². The summed E-state index contributed by atoms with van der Waals surface area (Å²) >= 11 is 5.82. The summed E-state index contributed by atoms with van der Waals surface area (Å²) in [6.07, 6.45) is 0. The fourth-order valence-corrected chi connectivity index (χ4v) is 1.91. The molecule has 0 aromatic heterocycles. The molecule has 0 fully saturated rings. The van der Waals surface area contributed by atoms with E-state index in [4.69, 9.17) is 16.7 Å². The molecule has 2 N–H and O–H groups in total. The van der Waals surface area contributed by atoms with Crippen LogP contribution in [0.15, 0.2) is 36.4 Å². The number of ether oxygens (including phenoxy) is 1. The second-order valence-corrected chi connectivity index (χ2v) is 4.59. The Hall–Kier alpha value is -2.08. The number of phenolic OH excluding ortho intramolecular Hbond substituents is 1. The van der Waals surface area contributed by atoms with E-state index < -0.39 is 18.2 Å². The minimum absolute atomic E-state index is 0.0128. The zero-order chi connectivity index (χ0) is 15.4. The molecule has 2 rings (SSSR count). The van der Waals surface area contributed by atoms with Crippen molar-refractivity contribution in [2.45, 2.75) is 13.2 Å². The predicted octanol–water partition coefficient (Wildman–Crippen LogP) is 4.40. The van der Waals surface area contributed by atoms with Crippen LogP contribution in [-0.4, -0.2) is 11.7 Å². The lowest BCUT2D eigenvalue weighted by atomic mass is 10.2. The van der Waals surface area contributed by atoms with E-state index in [1.54, 1.807) is 0 Å². The zero-order valence-corrected chi connectivity index (χ0v) is 11.4. The highest BCUT2D eigenvalue weighted by molar-refractivity contribution is 6.30. The minimum atomic E-state index is -2.95. The highest BCUT2D eigenvalue weighted by Gasteiger charge is 2.10. The van der Waals surface area contributed by atoms with Gasteiger partial charge in [0.15, 0.2) is 11.6 Å². The summed E-state index contributed by atoms with van der Waals surface area (Å²) in [6, 6.07) is 7.98.